The molecule has 0 bridgehead atoms. The number of aliphatic hydroxyl groups excluding tert-OH is 1. The van der Waals surface area contributed by atoms with E-state index >= 15 is 0 Å². The van der Waals surface area contributed by atoms with Crippen molar-refractivity contribution in [3.63, 3.8) is 0 Å². The lowest BCUT2D eigenvalue weighted by Gasteiger charge is -2.28. The van der Waals surface area contributed by atoms with Crippen molar-refractivity contribution in [2.75, 3.05) is 14.2 Å². The van der Waals surface area contributed by atoms with E-state index in [2.05, 4.69) is 9.22 Å². The molecule has 1 N–H and O–H groups in total. The zero-order valence-corrected chi connectivity index (χ0v) is 12.3. The lowest BCUT2D eigenvalue weighted by atomic mass is 9.92. The van der Waals surface area contributed by atoms with Crippen molar-refractivity contribution in [1.82, 2.24) is 0 Å². The largest absolute Gasteiger partial charge is 0.400 e. The molecule has 8 heteroatoms. The third kappa shape index (κ3) is 4.70. The van der Waals surface area contributed by atoms with Gasteiger partial charge in [-0.1, -0.05) is 13.8 Å². The Morgan fingerprint density at radius 1 is 1.32 bits per heavy atom. The highest BCUT2D eigenvalue weighted by Crippen LogP contribution is 2.47. The van der Waals surface area contributed by atoms with Crippen LogP contribution >= 0.6 is 0 Å². The molecule has 1 rings (SSSR count). The molecule has 5 unspecified atom stereocenters. The first-order valence-electron chi connectivity index (χ1n) is 5.89. The van der Waals surface area contributed by atoms with E-state index in [1.165, 1.54) is 0 Å². The van der Waals surface area contributed by atoms with Gasteiger partial charge in [-0.2, -0.15) is 0 Å². The zero-order chi connectivity index (χ0) is 15.2. The Hall–Kier alpha value is -0.180. The molecular weight excluding hydrogens is 285 g/mol. The predicted octanol–water partition coefficient (Wildman–Crippen LogP) is 2.45. The van der Waals surface area contributed by atoms with E-state index in [9.17, 15) is 17.4 Å². The maximum atomic E-state index is 13.8. The van der Waals surface area contributed by atoms with Gasteiger partial charge in [0, 0.05) is 13.0 Å². The van der Waals surface area contributed by atoms with Crippen LogP contribution in [-0.4, -0.2) is 35.0 Å². The molecule has 0 heterocycles. The smallest absolute Gasteiger partial charge is 0.296 e. The lowest BCUT2D eigenvalue weighted by molar-refractivity contribution is -0.175. The van der Waals surface area contributed by atoms with E-state index in [0.29, 0.717) is 6.42 Å². The second kappa shape index (κ2) is 8.18. The minimum absolute atomic E-state index is 0.129. The van der Waals surface area contributed by atoms with Gasteiger partial charge in [0.05, 0.1) is 7.11 Å². The van der Waals surface area contributed by atoms with Crippen LogP contribution < -0.4 is 0 Å². The average Bonchev–Trinajstić information content (AvgIpc) is 2.71. The standard InChI is InChI=1S/C10H17F3O3S.CH4O/c1-6-4-7(2)8(5-6)10(12,13)9(11)17(14)16-15-3;1-2/h6-9H,4-5H2,1-3H3;2H,1H3. The van der Waals surface area contributed by atoms with E-state index in [0.717, 1.165) is 14.2 Å². The molecule has 0 aromatic carbocycles. The van der Waals surface area contributed by atoms with Gasteiger partial charge < -0.3 is 5.11 Å². The molecule has 1 aliphatic carbocycles. The first-order valence-corrected chi connectivity index (χ1v) is 7.02. The van der Waals surface area contributed by atoms with E-state index in [-0.39, 0.29) is 18.3 Å². The van der Waals surface area contributed by atoms with Gasteiger partial charge in [-0.3, -0.25) is 0 Å². The number of halogens is 3. The Bertz CT molecular complexity index is 291. The molecule has 0 aromatic rings. The summed E-state index contributed by atoms with van der Waals surface area (Å²) in [6.45, 7) is 3.51. The van der Waals surface area contributed by atoms with E-state index in [1.54, 1.807) is 6.92 Å². The van der Waals surface area contributed by atoms with E-state index in [4.69, 9.17) is 5.11 Å². The molecule has 116 valence electrons. The number of hydrogen-bond acceptors (Lipinski definition) is 4. The Morgan fingerprint density at radius 2 is 1.84 bits per heavy atom. The summed E-state index contributed by atoms with van der Waals surface area (Å²) in [6.07, 6.45) is 0.865. The van der Waals surface area contributed by atoms with Gasteiger partial charge >= 0.3 is 0 Å². The number of rotatable bonds is 5. The third-order valence-electron chi connectivity index (χ3n) is 3.22. The van der Waals surface area contributed by atoms with Crippen LogP contribution in [0.4, 0.5) is 13.2 Å². The summed E-state index contributed by atoms with van der Waals surface area (Å²) < 4.78 is 56.1. The van der Waals surface area contributed by atoms with Gasteiger partial charge in [0.2, 0.25) is 11.1 Å². The minimum atomic E-state index is -3.66. The second-order valence-corrected chi connectivity index (χ2v) is 5.72. The summed E-state index contributed by atoms with van der Waals surface area (Å²) in [7, 11) is 1.99. The van der Waals surface area contributed by atoms with Crippen LogP contribution in [0, 0.1) is 17.8 Å². The van der Waals surface area contributed by atoms with E-state index < -0.39 is 28.4 Å². The number of alkyl halides is 3. The molecule has 0 amide bonds. The quantitative estimate of drug-likeness (QED) is 0.626. The fraction of sp³-hybridized carbons (Fsp3) is 1.00. The minimum Gasteiger partial charge on any atom is -0.400 e. The predicted molar refractivity (Wildman–Crippen MR) is 65.3 cm³/mol. The van der Waals surface area contributed by atoms with Crippen LogP contribution in [0.5, 0.6) is 0 Å². The summed E-state index contributed by atoms with van der Waals surface area (Å²) in [5.41, 5.74) is -2.86. The van der Waals surface area contributed by atoms with Gasteiger partial charge in [0.1, 0.15) is 0 Å². The average molecular weight is 306 g/mol. The number of aliphatic hydroxyl groups is 1. The topological polar surface area (TPSA) is 55.8 Å². The molecule has 0 aromatic heterocycles. The summed E-state index contributed by atoms with van der Waals surface area (Å²) in [5.74, 6) is -4.92. The third-order valence-corrected chi connectivity index (χ3v) is 4.14. The summed E-state index contributed by atoms with van der Waals surface area (Å²) in [4.78, 5) is 3.96. The van der Waals surface area contributed by atoms with Crippen LogP contribution in [0.2, 0.25) is 0 Å². The van der Waals surface area contributed by atoms with Gasteiger partial charge in [-0.25, -0.2) is 22.3 Å². The normalized spacial score (nSPS) is 30.4. The van der Waals surface area contributed by atoms with Gasteiger partial charge in [-0.05, 0) is 24.7 Å². The second-order valence-electron chi connectivity index (χ2n) is 4.65. The molecule has 0 radical (unpaired) electrons. The molecule has 5 atom stereocenters. The zero-order valence-electron chi connectivity index (χ0n) is 11.4. The van der Waals surface area contributed by atoms with Crippen molar-refractivity contribution in [1.29, 1.82) is 0 Å². The highest BCUT2D eigenvalue weighted by Gasteiger charge is 2.55. The molecule has 0 saturated heterocycles. The highest BCUT2D eigenvalue weighted by atomic mass is 32.2. The summed E-state index contributed by atoms with van der Waals surface area (Å²) in [6, 6.07) is 0. The molecule has 19 heavy (non-hydrogen) atoms. The Morgan fingerprint density at radius 3 is 2.21 bits per heavy atom. The van der Waals surface area contributed by atoms with Crippen molar-refractivity contribution in [2.45, 2.75) is 38.1 Å². The SMILES string of the molecule is CO.COOS(=O)C(F)C(F)(F)C1CC(C)CC1C. The number of hydrogen-bond donors (Lipinski definition) is 1. The fourth-order valence-corrected chi connectivity index (χ4v) is 3.13. The van der Waals surface area contributed by atoms with Crippen LogP contribution in [-0.2, 0) is 20.3 Å². The molecular formula is C11H21F3O4S. The Balaban J connectivity index is 0.00000154. The van der Waals surface area contributed by atoms with E-state index in [1.807, 2.05) is 6.92 Å². The maximum Gasteiger partial charge on any atom is 0.296 e. The molecule has 1 fully saturated rings. The highest BCUT2D eigenvalue weighted by molar-refractivity contribution is 7.80. The summed E-state index contributed by atoms with van der Waals surface area (Å²) >= 11 is -2.80. The van der Waals surface area contributed by atoms with Crippen molar-refractivity contribution < 1.29 is 31.7 Å². The van der Waals surface area contributed by atoms with Crippen LogP contribution in [0.3, 0.4) is 0 Å². The Labute approximate surface area is 113 Å². The van der Waals surface area contributed by atoms with Crippen LogP contribution in [0.25, 0.3) is 0 Å². The first-order chi connectivity index (χ1) is 8.80. The van der Waals surface area contributed by atoms with Gasteiger partial charge in [0.25, 0.3) is 11.4 Å². The Kier molecular flexibility index (Phi) is 8.11. The van der Waals surface area contributed by atoms with Crippen LogP contribution in [0.1, 0.15) is 26.7 Å². The molecule has 0 spiro atoms. The fourth-order valence-electron chi connectivity index (χ4n) is 2.50. The molecule has 1 aliphatic rings. The van der Waals surface area contributed by atoms with Crippen LogP contribution in [0.15, 0.2) is 0 Å². The van der Waals surface area contributed by atoms with Crippen molar-refractivity contribution in [2.24, 2.45) is 17.8 Å². The lowest BCUT2D eigenvalue weighted by Crippen LogP contribution is -2.42. The first kappa shape index (κ1) is 18.8. The van der Waals surface area contributed by atoms with Crippen molar-refractivity contribution in [3.8, 4) is 0 Å². The van der Waals surface area contributed by atoms with Gasteiger partial charge in [0.15, 0.2) is 0 Å². The maximum absolute atomic E-state index is 13.8. The molecule has 1 saturated carbocycles. The monoisotopic (exact) mass is 306 g/mol. The summed E-state index contributed by atoms with van der Waals surface area (Å²) in [5, 5.41) is 7.00. The molecule has 0 aliphatic heterocycles. The van der Waals surface area contributed by atoms with Crippen molar-refractivity contribution >= 4 is 11.1 Å². The van der Waals surface area contributed by atoms with Crippen molar-refractivity contribution in [3.05, 3.63) is 0 Å². The molecule has 4 nitrogen and oxygen atoms in total. The van der Waals surface area contributed by atoms with Gasteiger partial charge in [-0.15, -0.1) is 4.33 Å².